The van der Waals surface area contributed by atoms with Crippen LogP contribution in [0.5, 0.6) is 0 Å². The van der Waals surface area contributed by atoms with Crippen molar-refractivity contribution in [2.75, 3.05) is 0 Å². The van der Waals surface area contributed by atoms with Crippen molar-refractivity contribution in [1.82, 2.24) is 0 Å². The molecule has 14 heavy (non-hydrogen) atoms. The van der Waals surface area contributed by atoms with Gasteiger partial charge in [-0.3, -0.25) is 0 Å². The van der Waals surface area contributed by atoms with Gasteiger partial charge in [-0.15, -0.1) is 0 Å². The third-order valence-corrected chi connectivity index (χ3v) is 2.24. The van der Waals surface area contributed by atoms with Crippen molar-refractivity contribution in [2.24, 2.45) is 5.73 Å². The van der Waals surface area contributed by atoms with E-state index < -0.39 is 0 Å². The Hall–Kier alpha value is -1.50. The molecule has 0 saturated carbocycles. The second-order valence-electron chi connectivity index (χ2n) is 3.36. The van der Waals surface area contributed by atoms with Crippen LogP contribution in [0.1, 0.15) is 25.8 Å². The lowest BCUT2D eigenvalue weighted by Gasteiger charge is -2.01. The number of hydrogen-bond acceptors (Lipinski definition) is 1. The van der Waals surface area contributed by atoms with E-state index in [2.05, 4.69) is 19.1 Å². The van der Waals surface area contributed by atoms with Gasteiger partial charge in [0.2, 0.25) is 0 Å². The van der Waals surface area contributed by atoms with Crippen molar-refractivity contribution in [1.29, 1.82) is 0 Å². The van der Waals surface area contributed by atoms with Gasteiger partial charge < -0.3 is 5.73 Å². The molecular weight excluding hydrogens is 170 g/mol. The minimum Gasteiger partial charge on any atom is -0.398 e. The molecule has 0 bridgehead atoms. The van der Waals surface area contributed by atoms with Crippen molar-refractivity contribution in [3.8, 4) is 0 Å². The molecule has 1 nitrogen and oxygen atoms in total. The van der Waals surface area contributed by atoms with Crippen LogP contribution in [0, 0.1) is 0 Å². The highest BCUT2D eigenvalue weighted by Crippen LogP contribution is 2.10. The Morgan fingerprint density at radius 1 is 1.29 bits per heavy atom. The number of rotatable bonds is 3. The van der Waals surface area contributed by atoms with E-state index in [9.17, 15) is 0 Å². The highest BCUT2D eigenvalue weighted by molar-refractivity contribution is 5.62. The number of benzene rings is 1. The maximum absolute atomic E-state index is 5.93. The highest BCUT2D eigenvalue weighted by atomic mass is 14.6. The fourth-order valence-electron chi connectivity index (χ4n) is 1.14. The van der Waals surface area contributed by atoms with Crippen LogP contribution in [-0.2, 0) is 0 Å². The largest absolute Gasteiger partial charge is 0.398 e. The zero-order chi connectivity index (χ0) is 10.4. The zero-order valence-corrected chi connectivity index (χ0v) is 8.83. The predicted molar refractivity (Wildman–Crippen MR) is 62.7 cm³/mol. The quantitative estimate of drug-likeness (QED) is 0.721. The molecule has 2 N–H and O–H groups in total. The Morgan fingerprint density at radius 3 is 2.50 bits per heavy atom. The van der Waals surface area contributed by atoms with Crippen LogP contribution in [0.15, 0.2) is 48.1 Å². The summed E-state index contributed by atoms with van der Waals surface area (Å²) in [7, 11) is 0. The summed E-state index contributed by atoms with van der Waals surface area (Å²) in [5.41, 5.74) is 9.22. The molecule has 0 fully saturated rings. The molecule has 0 aliphatic heterocycles. The average Bonchev–Trinajstić information content (AvgIpc) is 2.26. The van der Waals surface area contributed by atoms with Gasteiger partial charge in [0, 0.05) is 5.70 Å². The second kappa shape index (κ2) is 5.28. The van der Waals surface area contributed by atoms with Gasteiger partial charge in [0.1, 0.15) is 0 Å². The fraction of sp³-hybridized carbons (Fsp3) is 0.231. The summed E-state index contributed by atoms with van der Waals surface area (Å²) in [5.74, 6) is 0. The minimum atomic E-state index is 0.854. The van der Waals surface area contributed by atoms with Crippen LogP contribution >= 0.6 is 0 Å². The lowest BCUT2D eigenvalue weighted by Crippen LogP contribution is -1.95. The number of nitrogens with two attached hydrogens (primary N) is 1. The Bertz CT molecular complexity index is 334. The Morgan fingerprint density at radius 2 is 1.93 bits per heavy atom. The normalized spacial score (nSPS) is 13.0. The van der Waals surface area contributed by atoms with E-state index in [1.165, 1.54) is 5.57 Å². The van der Waals surface area contributed by atoms with E-state index in [1.54, 1.807) is 0 Å². The standard InChI is InChI=1S/C13H17N/c1-3-11(2)9-10-13(14)12-7-5-4-6-8-12/h3-8,10H,9,14H2,1-2H3/b11-3+,13-10-. The fourth-order valence-corrected chi connectivity index (χ4v) is 1.14. The van der Waals surface area contributed by atoms with Crippen LogP contribution in [0.4, 0.5) is 0 Å². The molecule has 0 aromatic heterocycles. The maximum Gasteiger partial charge on any atom is 0.0350 e. The zero-order valence-electron chi connectivity index (χ0n) is 8.83. The van der Waals surface area contributed by atoms with Crippen molar-refractivity contribution in [3.63, 3.8) is 0 Å². The lowest BCUT2D eigenvalue weighted by molar-refractivity contribution is 1.19. The SMILES string of the molecule is C/C=C(\C)C/C=C(\N)c1ccccc1. The van der Waals surface area contributed by atoms with Crippen molar-refractivity contribution < 1.29 is 0 Å². The molecule has 0 aliphatic rings. The molecular formula is C13H17N. The summed E-state index contributed by atoms with van der Waals surface area (Å²) in [4.78, 5) is 0. The van der Waals surface area contributed by atoms with E-state index in [-0.39, 0.29) is 0 Å². The Labute approximate surface area is 85.9 Å². The maximum atomic E-state index is 5.93. The molecule has 1 aromatic carbocycles. The van der Waals surface area contributed by atoms with Crippen molar-refractivity contribution in [2.45, 2.75) is 20.3 Å². The Balaban J connectivity index is 2.71. The molecule has 0 saturated heterocycles. The van der Waals surface area contributed by atoms with E-state index in [0.717, 1.165) is 17.7 Å². The lowest BCUT2D eigenvalue weighted by atomic mass is 10.1. The van der Waals surface area contributed by atoms with Crippen LogP contribution in [0.2, 0.25) is 0 Å². The van der Waals surface area contributed by atoms with Gasteiger partial charge in [-0.05, 0) is 25.8 Å². The molecule has 0 atom stereocenters. The summed E-state index contributed by atoms with van der Waals surface area (Å²) in [6.07, 6.45) is 5.09. The monoisotopic (exact) mass is 187 g/mol. The van der Waals surface area contributed by atoms with Gasteiger partial charge >= 0.3 is 0 Å². The van der Waals surface area contributed by atoms with Gasteiger partial charge in [-0.25, -0.2) is 0 Å². The highest BCUT2D eigenvalue weighted by Gasteiger charge is 1.93. The molecule has 0 aliphatic carbocycles. The van der Waals surface area contributed by atoms with Crippen LogP contribution < -0.4 is 5.73 Å². The first kappa shape index (κ1) is 10.6. The molecule has 74 valence electrons. The molecule has 0 heterocycles. The molecule has 1 rings (SSSR count). The van der Waals surface area contributed by atoms with E-state index >= 15 is 0 Å². The van der Waals surface area contributed by atoms with Crippen molar-refractivity contribution in [3.05, 3.63) is 53.6 Å². The average molecular weight is 187 g/mol. The summed E-state index contributed by atoms with van der Waals surface area (Å²) in [6.45, 7) is 4.15. The Kier molecular flexibility index (Phi) is 3.99. The minimum absolute atomic E-state index is 0.854. The van der Waals surface area contributed by atoms with Crippen molar-refractivity contribution >= 4 is 5.70 Å². The summed E-state index contributed by atoms with van der Waals surface area (Å²) >= 11 is 0. The summed E-state index contributed by atoms with van der Waals surface area (Å²) in [6, 6.07) is 10.0. The second-order valence-corrected chi connectivity index (χ2v) is 3.36. The van der Waals surface area contributed by atoms with Gasteiger partial charge in [0.15, 0.2) is 0 Å². The number of allylic oxidation sites excluding steroid dienone is 3. The first-order valence-corrected chi connectivity index (χ1v) is 4.87. The molecule has 1 heteroatoms. The van der Waals surface area contributed by atoms with Gasteiger partial charge in [-0.1, -0.05) is 48.1 Å². The van der Waals surface area contributed by atoms with Gasteiger partial charge in [0.25, 0.3) is 0 Å². The molecule has 0 radical (unpaired) electrons. The van der Waals surface area contributed by atoms with Crippen LogP contribution in [0.3, 0.4) is 0 Å². The third kappa shape index (κ3) is 3.09. The van der Waals surface area contributed by atoms with E-state index in [1.807, 2.05) is 37.3 Å². The van der Waals surface area contributed by atoms with E-state index in [4.69, 9.17) is 5.73 Å². The topological polar surface area (TPSA) is 26.0 Å². The first-order valence-electron chi connectivity index (χ1n) is 4.87. The van der Waals surface area contributed by atoms with Gasteiger partial charge in [0.05, 0.1) is 0 Å². The third-order valence-electron chi connectivity index (χ3n) is 2.24. The molecule has 1 aromatic rings. The van der Waals surface area contributed by atoms with Crippen LogP contribution in [0.25, 0.3) is 5.70 Å². The van der Waals surface area contributed by atoms with Gasteiger partial charge in [-0.2, -0.15) is 0 Å². The van der Waals surface area contributed by atoms with Crippen LogP contribution in [-0.4, -0.2) is 0 Å². The van der Waals surface area contributed by atoms with E-state index in [0.29, 0.717) is 0 Å². The molecule has 0 amide bonds. The number of hydrogen-bond donors (Lipinski definition) is 1. The smallest absolute Gasteiger partial charge is 0.0350 e. The summed E-state index contributed by atoms with van der Waals surface area (Å²) in [5, 5.41) is 0. The first-order chi connectivity index (χ1) is 6.74. The summed E-state index contributed by atoms with van der Waals surface area (Å²) < 4.78 is 0. The molecule has 0 spiro atoms. The predicted octanol–water partition coefficient (Wildman–Crippen LogP) is 3.34. The molecule has 0 unspecified atom stereocenters.